The highest BCUT2D eigenvalue weighted by molar-refractivity contribution is 14.1. The van der Waals surface area contributed by atoms with E-state index in [2.05, 4.69) is 0 Å². The molecule has 0 radical (unpaired) electrons. The van der Waals surface area contributed by atoms with Gasteiger partial charge in [-0.15, -0.1) is 0 Å². The number of carbonyl (C=O) groups excluding carboxylic acids is 3. The monoisotopic (exact) mass is 663 g/mol. The van der Waals surface area contributed by atoms with Crippen molar-refractivity contribution in [2.75, 3.05) is 18.5 Å². The van der Waals surface area contributed by atoms with Gasteiger partial charge in [0.2, 0.25) is 5.91 Å². The lowest BCUT2D eigenvalue weighted by Gasteiger charge is -2.33. The zero-order valence-corrected chi connectivity index (χ0v) is 20.9. The zero-order valence-electron chi connectivity index (χ0n) is 18.7. The molecule has 0 saturated carbocycles. The molecule has 0 aromatic heterocycles. The molecule has 4 amide bonds. The van der Waals surface area contributed by atoms with Gasteiger partial charge in [-0.2, -0.15) is 26.3 Å². The van der Waals surface area contributed by atoms with Crippen molar-refractivity contribution in [2.45, 2.75) is 24.4 Å². The number of ether oxygens (including phenoxy) is 1. The Bertz CT molecular complexity index is 1190. The first-order chi connectivity index (χ1) is 17.6. The number of aliphatic hydroxyl groups is 1. The Labute approximate surface area is 223 Å². The van der Waals surface area contributed by atoms with Crippen LogP contribution in [-0.4, -0.2) is 59.5 Å². The number of rotatable bonds is 8. The minimum atomic E-state index is -6.13. The molecule has 1 fully saturated rings. The standard InChI is InChI=1S/C22H17F7IN3O5/c23-13-9-11(30)3-6-14(13)31-18(35)16(17(21(24,25)26)22(27,28)29)33-19(36)15(32-20(33)37)10-1-4-12(5-2-10)38-8-7-34/h1-6,9,15-17,34H,7-8H2,(H,31,35)(H,32,37)/t15-,16?/m1/s1. The second-order valence-corrected chi connectivity index (χ2v) is 9.10. The Kier molecular flexibility index (Phi) is 8.75. The van der Waals surface area contributed by atoms with Gasteiger partial charge in [0.1, 0.15) is 30.3 Å². The topological polar surface area (TPSA) is 108 Å². The number of amides is 4. The van der Waals surface area contributed by atoms with E-state index in [4.69, 9.17) is 9.84 Å². The summed E-state index contributed by atoms with van der Waals surface area (Å²) in [6.07, 6.45) is -12.3. The first kappa shape index (κ1) is 29.4. The molecule has 2 aromatic rings. The number of aliphatic hydroxyl groups excluding tert-OH is 1. The molecule has 206 valence electrons. The fraction of sp³-hybridized carbons (Fsp3) is 0.318. The summed E-state index contributed by atoms with van der Waals surface area (Å²) in [6, 6.07) is 1.07. The van der Waals surface area contributed by atoms with E-state index >= 15 is 0 Å². The van der Waals surface area contributed by atoms with E-state index in [1.165, 1.54) is 30.3 Å². The Morgan fingerprint density at radius 1 is 1.08 bits per heavy atom. The van der Waals surface area contributed by atoms with Crippen LogP contribution in [0.15, 0.2) is 42.5 Å². The minimum Gasteiger partial charge on any atom is -0.491 e. The van der Waals surface area contributed by atoms with E-state index in [1.54, 1.807) is 27.9 Å². The third kappa shape index (κ3) is 6.46. The van der Waals surface area contributed by atoms with Gasteiger partial charge in [0, 0.05) is 3.57 Å². The largest absolute Gasteiger partial charge is 0.491 e. The molecule has 1 aliphatic heterocycles. The van der Waals surface area contributed by atoms with Gasteiger partial charge in [-0.25, -0.2) is 14.1 Å². The smallest absolute Gasteiger partial charge is 0.403 e. The number of nitrogens with one attached hydrogen (secondary N) is 2. The summed E-state index contributed by atoms with van der Waals surface area (Å²) in [4.78, 5) is 38.0. The molecule has 2 aromatic carbocycles. The Hall–Kier alpha value is -3.15. The molecule has 0 aliphatic carbocycles. The summed E-state index contributed by atoms with van der Waals surface area (Å²) >= 11 is 1.68. The minimum absolute atomic E-state index is 0.0411. The molecule has 3 N–H and O–H groups in total. The summed E-state index contributed by atoms with van der Waals surface area (Å²) in [7, 11) is 0. The van der Waals surface area contributed by atoms with Crippen molar-refractivity contribution < 1.29 is 55.0 Å². The van der Waals surface area contributed by atoms with Crippen LogP contribution in [0.2, 0.25) is 0 Å². The van der Waals surface area contributed by atoms with Crippen molar-refractivity contribution in [1.82, 2.24) is 10.2 Å². The van der Waals surface area contributed by atoms with Gasteiger partial charge < -0.3 is 20.5 Å². The molecule has 1 saturated heterocycles. The number of hydrogen-bond donors (Lipinski definition) is 3. The number of nitrogens with zero attached hydrogens (tertiary/aromatic N) is 1. The lowest BCUT2D eigenvalue weighted by molar-refractivity contribution is -0.293. The first-order valence-electron chi connectivity index (χ1n) is 10.5. The van der Waals surface area contributed by atoms with Crippen LogP contribution in [0.1, 0.15) is 11.6 Å². The van der Waals surface area contributed by atoms with Gasteiger partial charge in [-0.1, -0.05) is 12.1 Å². The quantitative estimate of drug-likeness (QED) is 0.224. The van der Waals surface area contributed by atoms with Crippen LogP contribution in [0.5, 0.6) is 5.75 Å². The Morgan fingerprint density at radius 3 is 2.21 bits per heavy atom. The van der Waals surface area contributed by atoms with Gasteiger partial charge in [0.25, 0.3) is 5.91 Å². The highest BCUT2D eigenvalue weighted by atomic mass is 127. The third-order valence-corrected chi connectivity index (χ3v) is 5.97. The maximum Gasteiger partial charge on any atom is 0.403 e. The predicted octanol–water partition coefficient (Wildman–Crippen LogP) is 4.14. The number of imide groups is 1. The van der Waals surface area contributed by atoms with E-state index in [0.717, 1.165) is 12.1 Å². The number of carbonyl (C=O) groups is 3. The molecule has 1 aliphatic rings. The molecule has 0 spiro atoms. The highest BCUT2D eigenvalue weighted by Crippen LogP contribution is 2.44. The molecule has 2 atom stereocenters. The summed E-state index contributed by atoms with van der Waals surface area (Å²) < 4.78 is 102. The van der Waals surface area contributed by atoms with Crippen LogP contribution >= 0.6 is 22.6 Å². The number of halogens is 8. The molecule has 38 heavy (non-hydrogen) atoms. The van der Waals surface area contributed by atoms with Gasteiger partial charge in [0.15, 0.2) is 5.92 Å². The maximum absolute atomic E-state index is 14.2. The van der Waals surface area contributed by atoms with Crippen molar-refractivity contribution in [3.05, 3.63) is 57.4 Å². The lowest BCUT2D eigenvalue weighted by Crippen LogP contribution is -2.59. The third-order valence-electron chi connectivity index (χ3n) is 5.30. The summed E-state index contributed by atoms with van der Waals surface area (Å²) in [5, 5.41) is 12.4. The Balaban J connectivity index is 2.02. The van der Waals surface area contributed by atoms with E-state index in [-0.39, 0.29) is 24.5 Å². The molecule has 8 nitrogen and oxygen atoms in total. The van der Waals surface area contributed by atoms with Crippen LogP contribution < -0.4 is 15.4 Å². The van der Waals surface area contributed by atoms with Gasteiger partial charge in [-0.05, 0) is 58.5 Å². The molecule has 1 unspecified atom stereocenters. The van der Waals surface area contributed by atoms with E-state index in [1.807, 2.05) is 5.32 Å². The van der Waals surface area contributed by atoms with E-state index in [0.29, 0.717) is 3.57 Å². The molecule has 3 rings (SSSR count). The van der Waals surface area contributed by atoms with Crippen LogP contribution in [-0.2, 0) is 9.59 Å². The van der Waals surface area contributed by atoms with Crippen molar-refractivity contribution in [3.63, 3.8) is 0 Å². The van der Waals surface area contributed by atoms with Crippen LogP contribution in [0.25, 0.3) is 0 Å². The van der Waals surface area contributed by atoms with Crippen LogP contribution in [0, 0.1) is 15.3 Å². The van der Waals surface area contributed by atoms with Gasteiger partial charge in [0.05, 0.1) is 12.3 Å². The van der Waals surface area contributed by atoms with Crippen molar-refractivity contribution in [3.8, 4) is 5.75 Å². The number of hydrogen-bond acceptors (Lipinski definition) is 5. The first-order valence-corrected chi connectivity index (χ1v) is 11.6. The van der Waals surface area contributed by atoms with Crippen molar-refractivity contribution in [2.24, 2.45) is 5.92 Å². The zero-order chi connectivity index (χ0) is 28.4. The highest BCUT2D eigenvalue weighted by Gasteiger charge is 2.66. The lowest BCUT2D eigenvalue weighted by atomic mass is 9.95. The SMILES string of the molecule is O=C(Nc1ccc(I)cc1F)C(C(C(F)(F)F)C(F)(F)F)N1C(=O)N[C@H](c2ccc(OCCO)cc2)C1=O. The normalized spacial score (nSPS) is 17.0. The van der Waals surface area contributed by atoms with Gasteiger partial charge >= 0.3 is 18.4 Å². The molecule has 16 heteroatoms. The molecule has 1 heterocycles. The average molecular weight is 663 g/mol. The second-order valence-electron chi connectivity index (χ2n) is 7.85. The number of urea groups is 1. The number of alkyl halides is 6. The maximum atomic E-state index is 14.2. The van der Waals surface area contributed by atoms with Crippen molar-refractivity contribution in [1.29, 1.82) is 0 Å². The van der Waals surface area contributed by atoms with E-state index in [9.17, 15) is 45.1 Å². The predicted molar refractivity (Wildman–Crippen MR) is 124 cm³/mol. The molecular formula is C22H17F7IN3O5. The van der Waals surface area contributed by atoms with Gasteiger partial charge in [-0.3, -0.25) is 9.59 Å². The molecule has 0 bridgehead atoms. The van der Waals surface area contributed by atoms with Crippen molar-refractivity contribution >= 4 is 46.1 Å². The fourth-order valence-corrected chi connectivity index (χ4v) is 4.12. The molecular weight excluding hydrogens is 646 g/mol. The summed E-state index contributed by atoms with van der Waals surface area (Å²) in [6.45, 7) is -0.399. The van der Waals surface area contributed by atoms with Crippen LogP contribution in [0.4, 0.5) is 41.2 Å². The van der Waals surface area contributed by atoms with E-state index < -0.39 is 64.6 Å². The number of benzene rings is 2. The average Bonchev–Trinajstić information content (AvgIpc) is 3.10. The Morgan fingerprint density at radius 2 is 1.68 bits per heavy atom. The fourth-order valence-electron chi connectivity index (χ4n) is 3.66. The summed E-state index contributed by atoms with van der Waals surface area (Å²) in [5.74, 6) is -9.09. The second kappa shape index (κ2) is 11.3. The summed E-state index contributed by atoms with van der Waals surface area (Å²) in [5.41, 5.74) is -0.800. The number of anilines is 1. The van der Waals surface area contributed by atoms with Crippen LogP contribution in [0.3, 0.4) is 0 Å².